The van der Waals surface area contributed by atoms with Gasteiger partial charge >= 0.3 is 5.92 Å². The number of non-ortho nitro benzene ring substituents is 1. The zero-order valence-corrected chi connectivity index (χ0v) is 13.1. The third-order valence-corrected chi connectivity index (χ3v) is 3.70. The van der Waals surface area contributed by atoms with Gasteiger partial charge in [-0.1, -0.05) is 11.3 Å². The highest BCUT2D eigenvalue weighted by molar-refractivity contribution is 5.63. The molecule has 0 saturated carbocycles. The van der Waals surface area contributed by atoms with Crippen LogP contribution in [0.3, 0.4) is 0 Å². The summed E-state index contributed by atoms with van der Waals surface area (Å²) in [6, 6.07) is 8.11. The molecular weight excluding hydrogens is 350 g/mol. The lowest BCUT2D eigenvalue weighted by Gasteiger charge is -2.21. The van der Waals surface area contributed by atoms with E-state index >= 15 is 0 Å². The summed E-state index contributed by atoms with van der Waals surface area (Å²) in [5.41, 5.74) is 0.408. The van der Waals surface area contributed by atoms with Gasteiger partial charge in [-0.2, -0.15) is 14.0 Å². The molecule has 9 nitrogen and oxygen atoms in total. The molecule has 1 aromatic carbocycles. The second kappa shape index (κ2) is 6.88. The molecule has 11 heteroatoms. The number of nitro benzene ring substituents is 1. The maximum absolute atomic E-state index is 14.3. The summed E-state index contributed by atoms with van der Waals surface area (Å²) >= 11 is 0. The fourth-order valence-corrected chi connectivity index (χ4v) is 2.28. The molecule has 0 spiro atoms. The number of hydrogen-bond donors (Lipinski definition) is 2. The topological polar surface area (TPSA) is 131 Å². The molecule has 0 aliphatic heterocycles. The number of H-pyrrole nitrogens is 1. The molecule has 2 heterocycles. The predicted molar refractivity (Wildman–Crippen MR) is 84.1 cm³/mol. The highest BCUT2D eigenvalue weighted by Gasteiger charge is 2.42. The van der Waals surface area contributed by atoms with E-state index in [0.717, 1.165) is 6.07 Å². The average molecular weight is 362 g/mol. The van der Waals surface area contributed by atoms with Crippen molar-refractivity contribution < 1.29 is 18.8 Å². The number of nitrogens with one attached hydrogen (secondary N) is 1. The predicted octanol–water partition coefficient (Wildman–Crippen LogP) is 1.87. The van der Waals surface area contributed by atoms with Crippen molar-refractivity contribution in [2.24, 2.45) is 0 Å². The van der Waals surface area contributed by atoms with Gasteiger partial charge in [0, 0.05) is 30.3 Å². The lowest BCUT2D eigenvalue weighted by Crippen LogP contribution is -2.34. The summed E-state index contributed by atoms with van der Waals surface area (Å²) in [5, 5.41) is 32.9. The van der Waals surface area contributed by atoms with E-state index in [1.54, 1.807) is 0 Å². The number of halogens is 2. The zero-order chi connectivity index (χ0) is 18.7. The lowest BCUT2D eigenvalue weighted by molar-refractivity contribution is -0.384. The molecule has 3 rings (SSSR count). The largest absolute Gasteiger partial charge is 0.386 e. The van der Waals surface area contributed by atoms with E-state index in [1.165, 1.54) is 36.5 Å². The Morgan fingerprint density at radius 2 is 1.88 bits per heavy atom. The van der Waals surface area contributed by atoms with Crippen LogP contribution in [0.5, 0.6) is 0 Å². The highest BCUT2D eigenvalue weighted by Crippen LogP contribution is 2.32. The molecule has 0 saturated heterocycles. The molecule has 134 valence electrons. The molecule has 1 atom stereocenters. The molecule has 0 fully saturated rings. The fourth-order valence-electron chi connectivity index (χ4n) is 2.28. The summed E-state index contributed by atoms with van der Waals surface area (Å²) < 4.78 is 28.7. The Kier molecular flexibility index (Phi) is 4.63. The van der Waals surface area contributed by atoms with Gasteiger partial charge in [-0.25, -0.2) is 0 Å². The number of pyridine rings is 1. The Morgan fingerprint density at radius 1 is 1.19 bits per heavy atom. The number of aliphatic hydroxyl groups excluding tert-OH is 1. The molecule has 0 radical (unpaired) electrons. The highest BCUT2D eigenvalue weighted by atomic mass is 19.3. The minimum absolute atomic E-state index is 0.0420. The van der Waals surface area contributed by atoms with Gasteiger partial charge in [0.05, 0.1) is 4.92 Å². The quantitative estimate of drug-likeness (QED) is 0.505. The van der Waals surface area contributed by atoms with E-state index in [0.29, 0.717) is 11.1 Å². The Morgan fingerprint density at radius 3 is 2.42 bits per heavy atom. The van der Waals surface area contributed by atoms with Crippen molar-refractivity contribution in [3.8, 4) is 11.1 Å². The Hall–Kier alpha value is -3.34. The number of tetrazole rings is 1. The first kappa shape index (κ1) is 17.5. The molecule has 0 aliphatic carbocycles. The second-order valence-electron chi connectivity index (χ2n) is 5.41. The standard InChI is InChI=1S/C15H12F2N6O3/c16-15(17,13(24)7-14-19-21-22-20-14)12-6-3-10(8-18-12)9-1-4-11(5-2-9)23(25)26/h1-6,8,13,24H,7H2,(H,19,20,21,22). The molecular formula is C15H12F2N6O3. The lowest BCUT2D eigenvalue weighted by atomic mass is 10.0. The molecule has 0 aliphatic rings. The van der Waals surface area contributed by atoms with E-state index in [-0.39, 0.29) is 11.5 Å². The first-order valence-electron chi connectivity index (χ1n) is 7.37. The minimum atomic E-state index is -3.62. The third-order valence-electron chi connectivity index (χ3n) is 3.70. The summed E-state index contributed by atoms with van der Waals surface area (Å²) in [4.78, 5) is 13.8. The smallest absolute Gasteiger partial charge is 0.315 e. The number of rotatable bonds is 6. The fraction of sp³-hybridized carbons (Fsp3) is 0.200. The number of nitro groups is 1. The van der Waals surface area contributed by atoms with E-state index in [9.17, 15) is 24.0 Å². The minimum Gasteiger partial charge on any atom is -0.386 e. The van der Waals surface area contributed by atoms with E-state index in [4.69, 9.17) is 0 Å². The summed E-state index contributed by atoms with van der Waals surface area (Å²) in [6.07, 6.45) is -1.35. The van der Waals surface area contributed by atoms with Crippen LogP contribution in [0.25, 0.3) is 11.1 Å². The monoisotopic (exact) mass is 362 g/mol. The number of aromatic nitrogens is 5. The molecule has 0 amide bonds. The van der Waals surface area contributed by atoms with Crippen molar-refractivity contribution >= 4 is 5.69 Å². The van der Waals surface area contributed by atoms with Crippen LogP contribution in [0, 0.1) is 10.1 Å². The third kappa shape index (κ3) is 3.52. The van der Waals surface area contributed by atoms with Gasteiger partial charge in [-0.15, -0.1) is 10.2 Å². The number of aromatic amines is 1. The van der Waals surface area contributed by atoms with E-state index in [1.807, 2.05) is 0 Å². The van der Waals surface area contributed by atoms with Crippen LogP contribution in [-0.4, -0.2) is 41.7 Å². The first-order valence-corrected chi connectivity index (χ1v) is 7.37. The molecule has 1 unspecified atom stereocenters. The van der Waals surface area contributed by atoms with Crippen LogP contribution < -0.4 is 0 Å². The van der Waals surface area contributed by atoms with Crippen LogP contribution in [0.1, 0.15) is 11.5 Å². The van der Waals surface area contributed by atoms with Gasteiger partial charge < -0.3 is 5.11 Å². The number of hydrogen-bond acceptors (Lipinski definition) is 7. The summed E-state index contributed by atoms with van der Waals surface area (Å²) in [7, 11) is 0. The van der Waals surface area contributed by atoms with Crippen molar-refractivity contribution in [3.05, 3.63) is 64.2 Å². The first-order chi connectivity index (χ1) is 12.4. The molecule has 2 aromatic heterocycles. The zero-order valence-electron chi connectivity index (χ0n) is 13.1. The normalized spacial score (nSPS) is 12.7. The van der Waals surface area contributed by atoms with Gasteiger partial charge in [0.1, 0.15) is 11.8 Å². The molecule has 2 N–H and O–H groups in total. The van der Waals surface area contributed by atoms with Crippen molar-refractivity contribution in [1.29, 1.82) is 0 Å². The maximum atomic E-state index is 14.3. The molecule has 0 bridgehead atoms. The Balaban J connectivity index is 1.78. The average Bonchev–Trinajstić information content (AvgIpc) is 3.15. The number of benzene rings is 1. The SMILES string of the molecule is O=[N+]([O-])c1ccc(-c2ccc(C(F)(F)C(O)Cc3nn[nH]n3)nc2)cc1. The molecule has 26 heavy (non-hydrogen) atoms. The van der Waals surface area contributed by atoms with Crippen LogP contribution in [0.2, 0.25) is 0 Å². The van der Waals surface area contributed by atoms with Crippen molar-refractivity contribution in [2.45, 2.75) is 18.4 Å². The van der Waals surface area contributed by atoms with Crippen molar-refractivity contribution in [2.75, 3.05) is 0 Å². The summed E-state index contributed by atoms with van der Waals surface area (Å²) in [5.74, 6) is -3.66. The maximum Gasteiger partial charge on any atom is 0.315 e. The van der Waals surface area contributed by atoms with Gasteiger partial charge in [-0.05, 0) is 23.8 Å². The van der Waals surface area contributed by atoms with Gasteiger partial charge in [-0.3, -0.25) is 15.1 Å². The number of nitrogens with zero attached hydrogens (tertiary/aromatic N) is 5. The second-order valence-corrected chi connectivity index (χ2v) is 5.41. The molecule has 3 aromatic rings. The van der Waals surface area contributed by atoms with Gasteiger partial charge in [0.15, 0.2) is 5.82 Å². The Labute approximate surface area is 144 Å². The number of aliphatic hydroxyl groups is 1. The van der Waals surface area contributed by atoms with Gasteiger partial charge in [0.2, 0.25) is 0 Å². The van der Waals surface area contributed by atoms with E-state index < -0.39 is 29.1 Å². The van der Waals surface area contributed by atoms with Gasteiger partial charge in [0.25, 0.3) is 5.69 Å². The van der Waals surface area contributed by atoms with Crippen molar-refractivity contribution in [3.63, 3.8) is 0 Å². The van der Waals surface area contributed by atoms with Crippen LogP contribution in [0.15, 0.2) is 42.6 Å². The van der Waals surface area contributed by atoms with Crippen LogP contribution in [0.4, 0.5) is 14.5 Å². The van der Waals surface area contributed by atoms with Crippen LogP contribution in [-0.2, 0) is 12.3 Å². The van der Waals surface area contributed by atoms with Crippen molar-refractivity contribution in [1.82, 2.24) is 25.6 Å². The Bertz CT molecular complexity index is 885. The summed E-state index contributed by atoms with van der Waals surface area (Å²) in [6.45, 7) is 0. The van der Waals surface area contributed by atoms with E-state index in [2.05, 4.69) is 25.6 Å². The number of alkyl halides is 2. The van der Waals surface area contributed by atoms with Crippen LogP contribution >= 0.6 is 0 Å².